The van der Waals surface area contributed by atoms with Crippen LogP contribution in [0.1, 0.15) is 105 Å². The van der Waals surface area contributed by atoms with Gasteiger partial charge in [-0.25, -0.2) is 13.2 Å². The zero-order chi connectivity index (χ0) is 35.2. The van der Waals surface area contributed by atoms with Crippen molar-refractivity contribution < 1.29 is 46.2 Å². The van der Waals surface area contributed by atoms with Gasteiger partial charge in [0.2, 0.25) is 40.7 Å². The summed E-state index contributed by atoms with van der Waals surface area (Å²) in [6.07, 6.45) is 10.7. The number of carboxylic acid groups (broad SMARTS) is 1. The highest BCUT2D eigenvalue weighted by atomic mass is 32.2. The predicted molar refractivity (Wildman–Crippen MR) is 178 cm³/mol. The van der Waals surface area contributed by atoms with Crippen molar-refractivity contribution in [3.05, 3.63) is 29.1 Å². The first-order chi connectivity index (χ1) is 21.4. The van der Waals surface area contributed by atoms with E-state index >= 15 is 0 Å². The summed E-state index contributed by atoms with van der Waals surface area (Å²) in [5.74, 6) is -17.1. The first kappa shape index (κ1) is 42.1. The van der Waals surface area contributed by atoms with E-state index < -0.39 is 75.2 Å². The lowest BCUT2D eigenvalue weighted by Crippen LogP contribution is -2.44. The fourth-order valence-electron chi connectivity index (χ4n) is 4.79. The molecule has 2 unspecified atom stereocenters. The van der Waals surface area contributed by atoms with E-state index in [0.29, 0.717) is 5.75 Å². The molecule has 46 heavy (non-hydrogen) atoms. The molecule has 0 heterocycles. The summed E-state index contributed by atoms with van der Waals surface area (Å²) >= 11 is 7.52. The van der Waals surface area contributed by atoms with Crippen LogP contribution in [-0.4, -0.2) is 56.0 Å². The second kappa shape index (κ2) is 19.8. The van der Waals surface area contributed by atoms with E-state index in [4.69, 9.17) is 17.0 Å². The van der Waals surface area contributed by atoms with Crippen molar-refractivity contribution in [1.82, 2.24) is 4.90 Å². The summed E-state index contributed by atoms with van der Waals surface area (Å²) in [6.45, 7) is 6.26. The summed E-state index contributed by atoms with van der Waals surface area (Å²) in [7, 11) is 2.88. The Morgan fingerprint density at radius 3 is 1.72 bits per heavy atom. The third-order valence-electron chi connectivity index (χ3n) is 7.58. The summed E-state index contributed by atoms with van der Waals surface area (Å²) in [5.41, 5.74) is -1.42. The Labute approximate surface area is 283 Å². The Morgan fingerprint density at radius 1 is 0.804 bits per heavy atom. The van der Waals surface area contributed by atoms with Crippen molar-refractivity contribution in [2.24, 2.45) is 11.3 Å². The van der Waals surface area contributed by atoms with E-state index in [9.17, 15) is 41.4 Å². The molecule has 0 radical (unpaired) electrons. The predicted octanol–water partition coefficient (Wildman–Crippen LogP) is 9.31. The van der Waals surface area contributed by atoms with Gasteiger partial charge in [-0.15, -0.1) is 11.8 Å². The van der Waals surface area contributed by atoms with Crippen LogP contribution in [0.3, 0.4) is 0 Å². The molecule has 1 aromatic carbocycles. The normalized spacial score (nSPS) is 13.6. The van der Waals surface area contributed by atoms with E-state index in [-0.39, 0.29) is 9.95 Å². The molecule has 6 nitrogen and oxygen atoms in total. The fraction of sp³-hybridized carbons (Fsp3) is 0.688. The Balaban J connectivity index is 3.15. The summed E-state index contributed by atoms with van der Waals surface area (Å²) in [4.78, 5) is 39.8. The SMILES string of the molecule is CCCCCCCCCCCCSC(=S)SC(C)(CC(CC(C)(C)C(=O)O)C(=O)N(C)C)C(=O)Oc1c(F)c(F)c(F)c(F)c1F. The van der Waals surface area contributed by atoms with Crippen LogP contribution in [0.5, 0.6) is 5.75 Å². The first-order valence-corrected chi connectivity index (χ1v) is 17.6. The minimum atomic E-state index is -2.41. The van der Waals surface area contributed by atoms with E-state index in [1.54, 1.807) is 0 Å². The first-order valence-electron chi connectivity index (χ1n) is 15.4. The number of hydrogen-bond acceptors (Lipinski definition) is 7. The highest BCUT2D eigenvalue weighted by Crippen LogP contribution is 2.42. The van der Waals surface area contributed by atoms with Gasteiger partial charge in [-0.05, 0) is 45.8 Å². The number of amides is 1. The molecule has 1 amide bonds. The lowest BCUT2D eigenvalue weighted by Gasteiger charge is -2.34. The zero-order valence-electron chi connectivity index (χ0n) is 27.4. The molecule has 0 bridgehead atoms. The maximum Gasteiger partial charge on any atom is 0.327 e. The number of hydrogen-bond donors (Lipinski definition) is 1. The van der Waals surface area contributed by atoms with E-state index in [1.807, 2.05) is 0 Å². The number of thiocarbonyl (C=S) groups is 1. The van der Waals surface area contributed by atoms with Crippen molar-refractivity contribution in [3.63, 3.8) is 0 Å². The van der Waals surface area contributed by atoms with Crippen molar-refractivity contribution in [3.8, 4) is 5.75 Å². The molecule has 262 valence electrons. The molecule has 0 saturated carbocycles. The number of ether oxygens (including phenoxy) is 1. The smallest absolute Gasteiger partial charge is 0.327 e. The number of carbonyl (C=O) groups excluding carboxylic acids is 2. The third-order valence-corrected chi connectivity index (χ3v) is 10.5. The van der Waals surface area contributed by atoms with Gasteiger partial charge in [-0.1, -0.05) is 88.7 Å². The molecule has 1 aromatic rings. The average Bonchev–Trinajstić information content (AvgIpc) is 2.98. The van der Waals surface area contributed by atoms with Crippen molar-refractivity contribution in [1.29, 1.82) is 0 Å². The van der Waals surface area contributed by atoms with Crippen LogP contribution in [0.15, 0.2) is 0 Å². The molecule has 0 aromatic heterocycles. The van der Waals surface area contributed by atoms with Crippen LogP contribution >= 0.6 is 35.7 Å². The number of carboxylic acids is 1. The topological polar surface area (TPSA) is 83.9 Å². The summed E-state index contributed by atoms with van der Waals surface area (Å²) < 4.78 is 73.4. The van der Waals surface area contributed by atoms with Gasteiger partial charge in [0.15, 0.2) is 0 Å². The standard InChI is InChI=1S/C32H46F5NO5S3/c1-7-8-9-10-11-12-13-14-15-16-17-45-30(44)46-32(4,19-20(27(39)38(5)6)18-31(2,3)28(40)41)29(42)43-26-24(36)22(34)21(33)23(35)25(26)37/h20H,7-19H2,1-6H3,(H,40,41). The molecule has 1 rings (SSSR count). The molecule has 0 aliphatic carbocycles. The number of thioether (sulfide) groups is 2. The number of rotatable bonds is 20. The van der Waals surface area contributed by atoms with Gasteiger partial charge in [-0.2, -0.15) is 8.78 Å². The summed E-state index contributed by atoms with van der Waals surface area (Å²) in [5, 5.41) is 9.70. The van der Waals surface area contributed by atoms with Gasteiger partial charge in [0.05, 0.1) is 5.41 Å². The molecule has 14 heteroatoms. The Kier molecular flexibility index (Phi) is 18.1. The molecule has 0 aliphatic heterocycles. The molecule has 0 aliphatic rings. The van der Waals surface area contributed by atoms with Crippen LogP contribution in [0.4, 0.5) is 22.0 Å². The van der Waals surface area contributed by atoms with E-state index in [0.717, 1.165) is 37.4 Å². The maximum absolute atomic E-state index is 14.4. The molecule has 1 N–H and O–H groups in total. The van der Waals surface area contributed by atoms with Crippen molar-refractivity contribution in [2.75, 3.05) is 19.8 Å². The number of aliphatic carboxylic acids is 1. The van der Waals surface area contributed by atoms with Crippen LogP contribution in [0.2, 0.25) is 0 Å². The van der Waals surface area contributed by atoms with Crippen LogP contribution in [0.25, 0.3) is 0 Å². The van der Waals surface area contributed by atoms with Crippen molar-refractivity contribution in [2.45, 2.75) is 109 Å². The van der Waals surface area contributed by atoms with Gasteiger partial charge >= 0.3 is 11.9 Å². The number of esters is 1. The minimum Gasteiger partial charge on any atom is -0.481 e. The van der Waals surface area contributed by atoms with Gasteiger partial charge in [0.25, 0.3) is 0 Å². The number of nitrogens with zero attached hydrogens (tertiary/aromatic N) is 1. The number of benzene rings is 1. The molecular weight excluding hydrogens is 670 g/mol. The summed E-state index contributed by atoms with van der Waals surface area (Å²) in [6, 6.07) is 0. The van der Waals surface area contributed by atoms with Crippen LogP contribution in [-0.2, 0) is 14.4 Å². The van der Waals surface area contributed by atoms with Crippen LogP contribution in [0, 0.1) is 40.4 Å². The van der Waals surface area contributed by atoms with Gasteiger partial charge in [0.1, 0.15) is 8.28 Å². The van der Waals surface area contributed by atoms with Crippen molar-refractivity contribution >= 4 is 57.1 Å². The second-order valence-corrected chi connectivity index (χ2v) is 16.2. The molecule has 0 spiro atoms. The fourth-order valence-corrected chi connectivity index (χ4v) is 7.92. The zero-order valence-corrected chi connectivity index (χ0v) is 29.9. The number of unbranched alkanes of at least 4 members (excludes halogenated alkanes) is 9. The quantitative estimate of drug-likeness (QED) is 0.0272. The molecule has 2 atom stereocenters. The highest BCUT2D eigenvalue weighted by molar-refractivity contribution is 8.47. The number of halogens is 5. The third kappa shape index (κ3) is 12.9. The van der Waals surface area contributed by atoms with Gasteiger partial charge < -0.3 is 14.7 Å². The minimum absolute atomic E-state index is 0.232. The van der Waals surface area contributed by atoms with E-state index in [1.165, 1.54) is 90.1 Å². The molecule has 0 fully saturated rings. The largest absolute Gasteiger partial charge is 0.481 e. The average molecular weight is 716 g/mol. The Bertz CT molecular complexity index is 1190. The molecule has 0 saturated heterocycles. The highest BCUT2D eigenvalue weighted by Gasteiger charge is 2.45. The number of carbonyl (C=O) groups is 3. The van der Waals surface area contributed by atoms with Crippen LogP contribution < -0.4 is 4.74 Å². The Morgan fingerprint density at radius 2 is 1.26 bits per heavy atom. The second-order valence-electron chi connectivity index (χ2n) is 12.4. The lowest BCUT2D eigenvalue weighted by molar-refractivity contribution is -0.149. The van der Waals surface area contributed by atoms with E-state index in [2.05, 4.69) is 6.92 Å². The monoisotopic (exact) mass is 715 g/mol. The van der Waals surface area contributed by atoms with Gasteiger partial charge in [0, 0.05) is 20.0 Å². The lowest BCUT2D eigenvalue weighted by atomic mass is 9.78. The molecular formula is C32H46F5NO5S3. The maximum atomic E-state index is 14.4. The van der Waals surface area contributed by atoms with Gasteiger partial charge in [-0.3, -0.25) is 14.4 Å². The Hall–Kier alpha value is -1.93.